The highest BCUT2D eigenvalue weighted by Gasteiger charge is 2.38. The molecule has 27 heavy (non-hydrogen) atoms. The molecule has 2 fully saturated rings. The van der Waals surface area contributed by atoms with Crippen molar-refractivity contribution < 1.29 is 32.6 Å². The molecule has 2 heterocycles. The Kier molecular flexibility index (Phi) is 5.64. The Bertz CT molecular complexity index is 743. The number of amides is 1. The van der Waals surface area contributed by atoms with Crippen LogP contribution in [0.3, 0.4) is 0 Å². The standard InChI is InChI=1S/C17H18ClF3N2O4/c18-14-2-1-11(17(19,20)21)3-13(14)16(26)23-5-10-4-22(7-15(24)25)6-12(23)9-27-8-10/h1-3,10,12H,4-9H2,(H,24,25)/t10-,12-/m0/s1. The number of carboxylic acids is 1. The van der Waals surface area contributed by atoms with Gasteiger partial charge in [0, 0.05) is 25.6 Å². The second-order valence-corrected chi connectivity index (χ2v) is 7.20. The number of carbonyl (C=O) groups is 2. The Morgan fingerprint density at radius 1 is 1.22 bits per heavy atom. The van der Waals surface area contributed by atoms with E-state index in [0.717, 1.165) is 18.2 Å². The molecule has 0 spiro atoms. The Hall–Kier alpha value is -1.84. The van der Waals surface area contributed by atoms with Crippen molar-refractivity contribution in [1.29, 1.82) is 0 Å². The van der Waals surface area contributed by atoms with Gasteiger partial charge < -0.3 is 14.7 Å². The lowest BCUT2D eigenvalue weighted by Crippen LogP contribution is -2.47. The van der Waals surface area contributed by atoms with Crippen molar-refractivity contribution in [1.82, 2.24) is 9.80 Å². The topological polar surface area (TPSA) is 70.1 Å². The quantitative estimate of drug-likeness (QED) is 0.833. The van der Waals surface area contributed by atoms with Crippen LogP contribution in [0.5, 0.6) is 0 Å². The van der Waals surface area contributed by atoms with E-state index in [1.54, 1.807) is 4.90 Å². The fraction of sp³-hybridized carbons (Fsp3) is 0.529. The molecule has 148 valence electrons. The van der Waals surface area contributed by atoms with Crippen LogP contribution < -0.4 is 0 Å². The van der Waals surface area contributed by atoms with Crippen LogP contribution in [0, 0.1) is 5.92 Å². The molecule has 2 bridgehead atoms. The van der Waals surface area contributed by atoms with Crippen LogP contribution in [-0.4, -0.2) is 72.2 Å². The third-order valence-electron chi connectivity index (χ3n) is 4.69. The van der Waals surface area contributed by atoms with E-state index < -0.39 is 29.7 Å². The van der Waals surface area contributed by atoms with Crippen LogP contribution in [0.25, 0.3) is 0 Å². The molecule has 1 aromatic rings. The summed E-state index contributed by atoms with van der Waals surface area (Å²) in [6.07, 6.45) is -4.59. The van der Waals surface area contributed by atoms with Gasteiger partial charge in [0.1, 0.15) is 0 Å². The summed E-state index contributed by atoms with van der Waals surface area (Å²) in [5, 5.41) is 8.98. The van der Waals surface area contributed by atoms with Crippen molar-refractivity contribution in [3.63, 3.8) is 0 Å². The lowest BCUT2D eigenvalue weighted by Gasteiger charge is -2.31. The van der Waals surface area contributed by atoms with Gasteiger partial charge in [-0.3, -0.25) is 14.5 Å². The number of ether oxygens (including phenoxy) is 1. The Morgan fingerprint density at radius 3 is 2.63 bits per heavy atom. The van der Waals surface area contributed by atoms with Crippen LogP contribution in [0.2, 0.25) is 5.02 Å². The molecule has 1 amide bonds. The molecule has 0 radical (unpaired) electrons. The average Bonchev–Trinajstić information content (AvgIpc) is 2.83. The highest BCUT2D eigenvalue weighted by Crippen LogP contribution is 2.33. The van der Waals surface area contributed by atoms with Gasteiger partial charge in [-0.2, -0.15) is 13.2 Å². The predicted octanol–water partition coefficient (Wildman–Crippen LogP) is 2.22. The van der Waals surface area contributed by atoms with Gasteiger partial charge in [-0.05, 0) is 18.2 Å². The van der Waals surface area contributed by atoms with Gasteiger partial charge in [-0.15, -0.1) is 0 Å². The molecule has 1 N–H and O–H groups in total. The summed E-state index contributed by atoms with van der Waals surface area (Å²) in [5.74, 6) is -1.72. The fourth-order valence-electron chi connectivity index (χ4n) is 3.53. The molecule has 10 heteroatoms. The molecule has 0 unspecified atom stereocenters. The zero-order valence-corrected chi connectivity index (χ0v) is 15.0. The second kappa shape index (κ2) is 7.65. The molecule has 0 aromatic heterocycles. The summed E-state index contributed by atoms with van der Waals surface area (Å²) in [5.41, 5.74) is -1.17. The summed E-state index contributed by atoms with van der Waals surface area (Å²) < 4.78 is 44.6. The molecule has 3 rings (SSSR count). The van der Waals surface area contributed by atoms with Gasteiger partial charge >= 0.3 is 12.1 Å². The summed E-state index contributed by atoms with van der Waals surface area (Å²) in [6.45, 7) is 1.35. The zero-order chi connectivity index (χ0) is 19.8. The largest absolute Gasteiger partial charge is 0.480 e. The second-order valence-electron chi connectivity index (χ2n) is 6.80. The minimum absolute atomic E-state index is 0.0601. The Labute approximate surface area is 158 Å². The van der Waals surface area contributed by atoms with Crippen molar-refractivity contribution in [2.45, 2.75) is 12.2 Å². The molecule has 0 saturated carbocycles. The smallest absolute Gasteiger partial charge is 0.416 e. The van der Waals surface area contributed by atoms with Crippen molar-refractivity contribution in [2.24, 2.45) is 5.92 Å². The van der Waals surface area contributed by atoms with Gasteiger partial charge in [0.05, 0.1) is 41.9 Å². The first kappa shape index (κ1) is 19.9. The highest BCUT2D eigenvalue weighted by atomic mass is 35.5. The average molecular weight is 407 g/mol. The number of carboxylic acid groups (broad SMARTS) is 1. The van der Waals surface area contributed by atoms with Gasteiger partial charge in [0.15, 0.2) is 0 Å². The SMILES string of the molecule is O=C(O)CN1C[C@@H]2COC[C@H](C1)N(C(=O)c1cc(C(F)(F)F)ccc1Cl)C2. The van der Waals surface area contributed by atoms with Crippen LogP contribution in [0.4, 0.5) is 13.2 Å². The van der Waals surface area contributed by atoms with E-state index in [0.29, 0.717) is 13.2 Å². The predicted molar refractivity (Wildman–Crippen MR) is 89.7 cm³/mol. The third-order valence-corrected chi connectivity index (χ3v) is 5.02. The maximum Gasteiger partial charge on any atom is 0.416 e. The number of benzene rings is 1. The zero-order valence-electron chi connectivity index (χ0n) is 14.2. The van der Waals surface area contributed by atoms with Gasteiger partial charge in [0.25, 0.3) is 5.91 Å². The van der Waals surface area contributed by atoms with Gasteiger partial charge in [-0.1, -0.05) is 11.6 Å². The van der Waals surface area contributed by atoms with E-state index in [1.807, 2.05) is 0 Å². The first-order chi connectivity index (χ1) is 12.6. The Balaban J connectivity index is 1.89. The lowest BCUT2D eigenvalue weighted by atomic mass is 10.1. The number of hydrogen-bond acceptors (Lipinski definition) is 4. The van der Waals surface area contributed by atoms with E-state index in [1.165, 1.54) is 4.90 Å². The van der Waals surface area contributed by atoms with E-state index in [4.69, 9.17) is 21.4 Å². The third kappa shape index (κ3) is 4.53. The molecule has 2 aliphatic rings. The molecular formula is C17H18ClF3N2O4. The first-order valence-corrected chi connectivity index (χ1v) is 8.72. The van der Waals surface area contributed by atoms with Crippen molar-refractivity contribution in [2.75, 3.05) is 39.4 Å². The number of alkyl halides is 3. The minimum atomic E-state index is -4.59. The van der Waals surface area contributed by atoms with Crippen molar-refractivity contribution in [3.05, 3.63) is 34.3 Å². The van der Waals surface area contributed by atoms with E-state index in [-0.39, 0.29) is 42.7 Å². The summed E-state index contributed by atoms with van der Waals surface area (Å²) in [7, 11) is 0. The van der Waals surface area contributed by atoms with Crippen LogP contribution in [-0.2, 0) is 15.7 Å². The number of fused-ring (bicyclic) bond motifs is 3. The summed E-state index contributed by atoms with van der Waals surface area (Å²) >= 11 is 6.01. The molecule has 2 atom stereocenters. The van der Waals surface area contributed by atoms with Crippen LogP contribution in [0.1, 0.15) is 15.9 Å². The molecule has 2 saturated heterocycles. The van der Waals surface area contributed by atoms with E-state index >= 15 is 0 Å². The number of hydrogen-bond donors (Lipinski definition) is 1. The summed E-state index contributed by atoms with van der Waals surface area (Å²) in [6, 6.07) is 2.19. The van der Waals surface area contributed by atoms with Crippen molar-refractivity contribution >= 4 is 23.5 Å². The van der Waals surface area contributed by atoms with Gasteiger partial charge in [0.2, 0.25) is 0 Å². The number of carbonyl (C=O) groups excluding carboxylic acids is 1. The molecular weight excluding hydrogens is 389 g/mol. The molecule has 0 aliphatic carbocycles. The normalized spacial score (nSPS) is 23.8. The minimum Gasteiger partial charge on any atom is -0.480 e. The monoisotopic (exact) mass is 406 g/mol. The first-order valence-electron chi connectivity index (χ1n) is 8.34. The van der Waals surface area contributed by atoms with Crippen LogP contribution >= 0.6 is 11.6 Å². The number of aliphatic carboxylic acids is 1. The number of nitrogens with zero attached hydrogens (tertiary/aromatic N) is 2. The van der Waals surface area contributed by atoms with E-state index in [2.05, 4.69) is 0 Å². The van der Waals surface area contributed by atoms with Crippen molar-refractivity contribution in [3.8, 4) is 0 Å². The van der Waals surface area contributed by atoms with E-state index in [9.17, 15) is 22.8 Å². The fourth-order valence-corrected chi connectivity index (χ4v) is 3.73. The maximum absolute atomic E-state index is 13.0. The maximum atomic E-state index is 13.0. The van der Waals surface area contributed by atoms with Crippen LogP contribution in [0.15, 0.2) is 18.2 Å². The van der Waals surface area contributed by atoms with Gasteiger partial charge in [-0.25, -0.2) is 0 Å². The molecule has 6 nitrogen and oxygen atoms in total. The molecule has 1 aromatic carbocycles. The summed E-state index contributed by atoms with van der Waals surface area (Å²) in [4.78, 5) is 27.2. The molecule has 2 aliphatic heterocycles. The highest BCUT2D eigenvalue weighted by molar-refractivity contribution is 6.33. The number of halogens is 4. The lowest BCUT2D eigenvalue weighted by molar-refractivity contribution is -0.139. The Morgan fingerprint density at radius 2 is 1.96 bits per heavy atom. The number of rotatable bonds is 3.